The Bertz CT molecular complexity index is 1290. The van der Waals surface area contributed by atoms with Crippen molar-refractivity contribution in [2.24, 2.45) is 11.8 Å². The molecule has 192 valence electrons. The summed E-state index contributed by atoms with van der Waals surface area (Å²) in [4.78, 5) is 60.1. The molecule has 8 nitrogen and oxygen atoms in total. The summed E-state index contributed by atoms with van der Waals surface area (Å²) in [6.07, 6.45) is 4.55. The quantitative estimate of drug-likeness (QED) is 0.434. The van der Waals surface area contributed by atoms with E-state index < -0.39 is 35.4 Å². The number of amides is 5. The highest BCUT2D eigenvalue weighted by Gasteiger charge is 2.76. The van der Waals surface area contributed by atoms with E-state index in [1.807, 2.05) is 0 Å². The largest absolute Gasteiger partial charge is 0.497 e. The first-order chi connectivity index (χ1) is 17.8. The van der Waals surface area contributed by atoms with E-state index >= 15 is 0 Å². The maximum atomic E-state index is 14.1. The number of benzene rings is 2. The van der Waals surface area contributed by atoms with Crippen LogP contribution >= 0.6 is 11.6 Å². The molecule has 0 spiro atoms. The van der Waals surface area contributed by atoms with Crippen LogP contribution in [0.15, 0.2) is 48.5 Å². The highest BCUT2D eigenvalue weighted by molar-refractivity contribution is 6.30. The van der Waals surface area contributed by atoms with Crippen LogP contribution in [0.5, 0.6) is 5.75 Å². The predicted octanol–water partition coefficient (Wildman–Crippen LogP) is 4.56. The van der Waals surface area contributed by atoms with Crippen molar-refractivity contribution < 1.29 is 23.9 Å². The van der Waals surface area contributed by atoms with Crippen molar-refractivity contribution in [2.75, 3.05) is 12.0 Å². The molecule has 3 aliphatic heterocycles. The van der Waals surface area contributed by atoms with Crippen LogP contribution < -0.4 is 9.64 Å². The Morgan fingerprint density at radius 1 is 0.892 bits per heavy atom. The molecule has 2 aromatic carbocycles. The van der Waals surface area contributed by atoms with Crippen LogP contribution in [0.25, 0.3) is 0 Å². The first-order valence-corrected chi connectivity index (χ1v) is 13.1. The van der Waals surface area contributed by atoms with Crippen molar-refractivity contribution >= 4 is 41.0 Å². The molecule has 3 heterocycles. The first-order valence-electron chi connectivity index (χ1n) is 12.7. The highest BCUT2D eigenvalue weighted by Crippen LogP contribution is 2.59. The number of carbonyl (C=O) groups is 4. The van der Waals surface area contributed by atoms with Gasteiger partial charge in [0, 0.05) is 11.1 Å². The molecular formula is C28H28ClN3O5. The fraction of sp³-hybridized carbons (Fsp3) is 0.429. The zero-order valence-electron chi connectivity index (χ0n) is 20.7. The van der Waals surface area contributed by atoms with Gasteiger partial charge in [0.05, 0.1) is 30.7 Å². The third kappa shape index (κ3) is 3.27. The fourth-order valence-corrected chi connectivity index (χ4v) is 7.00. The van der Waals surface area contributed by atoms with Crippen LogP contribution in [0, 0.1) is 11.8 Å². The molecule has 0 radical (unpaired) electrons. The van der Waals surface area contributed by atoms with Gasteiger partial charge in [-0.05, 0) is 61.7 Å². The summed E-state index contributed by atoms with van der Waals surface area (Å²) in [6, 6.07) is 12.1. The minimum absolute atomic E-state index is 0.160. The number of likely N-dealkylation sites (tertiary alicyclic amines) is 1. The van der Waals surface area contributed by atoms with Gasteiger partial charge >= 0.3 is 6.03 Å². The standard InChI is InChI=1S/C28H28ClN3O5/c1-28-22-21(24(33)30(25(22)34)18-6-4-3-5-7-18)23(16-8-10-17(29)11-9-16)32(28)27(36)31(26(28)35)19-12-14-20(37-2)15-13-19/h8-15,18,21-23H,3-7H2,1-2H3/t21-,22-,23-,28-/m1/s1. The number of fused-ring (bicyclic) bond motifs is 3. The zero-order chi connectivity index (χ0) is 26.1. The molecule has 4 atom stereocenters. The van der Waals surface area contributed by atoms with Crippen molar-refractivity contribution in [3.63, 3.8) is 0 Å². The first kappa shape index (κ1) is 24.0. The third-order valence-electron chi connectivity index (χ3n) is 8.62. The Labute approximate surface area is 220 Å². The van der Waals surface area contributed by atoms with Crippen LogP contribution in [-0.4, -0.2) is 52.2 Å². The minimum atomic E-state index is -1.50. The lowest BCUT2D eigenvalue weighted by molar-refractivity contribution is -0.147. The summed E-state index contributed by atoms with van der Waals surface area (Å²) in [7, 11) is 1.54. The number of hydrogen-bond acceptors (Lipinski definition) is 5. The zero-order valence-corrected chi connectivity index (χ0v) is 21.5. The number of nitrogens with zero attached hydrogens (tertiary/aromatic N) is 3. The van der Waals surface area contributed by atoms with Crippen LogP contribution in [-0.2, 0) is 14.4 Å². The number of carbonyl (C=O) groups excluding carboxylic acids is 4. The molecule has 37 heavy (non-hydrogen) atoms. The van der Waals surface area contributed by atoms with E-state index in [0.29, 0.717) is 22.0 Å². The SMILES string of the molecule is COc1ccc(N2C(=O)N3[C@H](c4ccc(Cl)cc4)[C@@H]4C(=O)N(C5CCCCC5)C(=O)[C@@H]4[C@]3(C)C2=O)cc1. The van der Waals surface area contributed by atoms with Gasteiger partial charge in [-0.3, -0.25) is 19.3 Å². The minimum Gasteiger partial charge on any atom is -0.497 e. The Kier molecular flexibility index (Phi) is 5.56. The van der Waals surface area contributed by atoms with Gasteiger partial charge in [0.1, 0.15) is 11.3 Å². The molecule has 9 heteroatoms. The second-order valence-corrected chi connectivity index (χ2v) is 10.9. The number of hydrogen-bond donors (Lipinski definition) is 0. The molecule has 4 aliphatic rings. The number of imide groups is 2. The van der Waals surface area contributed by atoms with Gasteiger partial charge in [0.15, 0.2) is 0 Å². The number of halogens is 1. The molecule has 0 bridgehead atoms. The molecular weight excluding hydrogens is 494 g/mol. The molecule has 0 unspecified atom stereocenters. The normalized spacial score (nSPS) is 29.8. The van der Waals surface area contributed by atoms with E-state index in [1.165, 1.54) is 16.9 Å². The monoisotopic (exact) mass is 521 g/mol. The van der Waals surface area contributed by atoms with Crippen molar-refractivity contribution in [1.29, 1.82) is 0 Å². The Hall–Kier alpha value is -3.39. The average molecular weight is 522 g/mol. The lowest BCUT2D eigenvalue weighted by Gasteiger charge is -2.35. The van der Waals surface area contributed by atoms with Gasteiger partial charge in [0.25, 0.3) is 5.91 Å². The molecule has 4 fully saturated rings. The van der Waals surface area contributed by atoms with E-state index in [-0.39, 0.29) is 17.9 Å². The molecule has 5 amide bonds. The third-order valence-corrected chi connectivity index (χ3v) is 8.88. The molecule has 3 saturated heterocycles. The predicted molar refractivity (Wildman–Crippen MR) is 136 cm³/mol. The molecule has 1 aliphatic carbocycles. The lowest BCUT2D eigenvalue weighted by Crippen LogP contribution is -2.52. The number of anilines is 1. The van der Waals surface area contributed by atoms with E-state index in [9.17, 15) is 19.2 Å². The van der Waals surface area contributed by atoms with E-state index in [2.05, 4.69) is 0 Å². The number of urea groups is 1. The van der Waals surface area contributed by atoms with Gasteiger partial charge in [-0.2, -0.15) is 0 Å². The maximum absolute atomic E-state index is 14.1. The summed E-state index contributed by atoms with van der Waals surface area (Å²) in [5.41, 5.74) is -0.437. The van der Waals surface area contributed by atoms with Crippen LogP contribution in [0.4, 0.5) is 10.5 Å². The topological polar surface area (TPSA) is 87.2 Å². The molecule has 0 aromatic heterocycles. The Morgan fingerprint density at radius 2 is 1.54 bits per heavy atom. The summed E-state index contributed by atoms with van der Waals surface area (Å²) >= 11 is 6.14. The van der Waals surface area contributed by atoms with Crippen LogP contribution in [0.1, 0.15) is 50.6 Å². The van der Waals surface area contributed by atoms with Gasteiger partial charge in [-0.1, -0.05) is 43.0 Å². The van der Waals surface area contributed by atoms with Crippen molar-refractivity contribution in [3.05, 3.63) is 59.1 Å². The van der Waals surface area contributed by atoms with Gasteiger partial charge in [0.2, 0.25) is 11.8 Å². The summed E-state index contributed by atoms with van der Waals surface area (Å²) in [6.45, 7) is 1.64. The van der Waals surface area contributed by atoms with Gasteiger partial charge in [-0.15, -0.1) is 0 Å². The van der Waals surface area contributed by atoms with Gasteiger partial charge < -0.3 is 9.64 Å². The maximum Gasteiger partial charge on any atom is 0.332 e. The van der Waals surface area contributed by atoms with E-state index in [1.54, 1.807) is 55.5 Å². The summed E-state index contributed by atoms with van der Waals surface area (Å²) in [5.74, 6) is -2.32. The second-order valence-electron chi connectivity index (χ2n) is 10.5. The molecule has 0 N–H and O–H groups in total. The summed E-state index contributed by atoms with van der Waals surface area (Å²) < 4.78 is 5.22. The van der Waals surface area contributed by atoms with Crippen molar-refractivity contribution in [2.45, 2.75) is 56.7 Å². The van der Waals surface area contributed by atoms with E-state index in [0.717, 1.165) is 37.0 Å². The molecule has 6 rings (SSSR count). The Morgan fingerprint density at radius 3 is 2.16 bits per heavy atom. The lowest BCUT2D eigenvalue weighted by atomic mass is 9.80. The van der Waals surface area contributed by atoms with Crippen LogP contribution in [0.3, 0.4) is 0 Å². The molecule has 1 saturated carbocycles. The smallest absolute Gasteiger partial charge is 0.332 e. The van der Waals surface area contributed by atoms with E-state index in [4.69, 9.17) is 16.3 Å². The van der Waals surface area contributed by atoms with Gasteiger partial charge in [-0.25, -0.2) is 9.69 Å². The molecule has 2 aromatic rings. The fourth-order valence-electron chi connectivity index (χ4n) is 6.87. The number of ether oxygens (including phenoxy) is 1. The highest BCUT2D eigenvalue weighted by atomic mass is 35.5. The van der Waals surface area contributed by atoms with Crippen molar-refractivity contribution in [3.8, 4) is 5.75 Å². The number of methoxy groups -OCH3 is 1. The number of rotatable bonds is 4. The average Bonchev–Trinajstić information content (AvgIpc) is 3.42. The second kappa shape index (κ2) is 8.58. The van der Waals surface area contributed by atoms with Crippen molar-refractivity contribution in [1.82, 2.24) is 9.80 Å². The summed E-state index contributed by atoms with van der Waals surface area (Å²) in [5, 5.41) is 0.516. The van der Waals surface area contributed by atoms with Crippen LogP contribution in [0.2, 0.25) is 5.02 Å². The Balaban J connectivity index is 1.48.